The molecule has 0 aliphatic rings. The van der Waals surface area contributed by atoms with Crippen molar-refractivity contribution in [2.45, 2.75) is 18.0 Å². The molecule has 9 heteroatoms. The van der Waals surface area contributed by atoms with Crippen molar-refractivity contribution < 1.29 is 17.9 Å². The Morgan fingerprint density at radius 2 is 1.89 bits per heavy atom. The predicted molar refractivity (Wildman–Crippen MR) is 109 cm³/mol. The SMILES string of the molecule is COC(=O)Nc1ccc(S(=O)(=O)N(Cc2cccs2)Cc2cccn2C)cc1. The Balaban J connectivity index is 1.88. The molecule has 2 aromatic heterocycles. The molecule has 0 saturated heterocycles. The monoisotopic (exact) mass is 419 g/mol. The van der Waals surface area contributed by atoms with E-state index < -0.39 is 16.1 Å². The summed E-state index contributed by atoms with van der Waals surface area (Å²) in [6, 6.07) is 13.6. The molecule has 0 saturated carbocycles. The van der Waals surface area contributed by atoms with E-state index in [2.05, 4.69) is 10.1 Å². The molecule has 7 nitrogen and oxygen atoms in total. The molecule has 0 spiro atoms. The minimum atomic E-state index is -3.74. The van der Waals surface area contributed by atoms with Crippen LogP contribution < -0.4 is 5.32 Å². The zero-order chi connectivity index (χ0) is 20.1. The van der Waals surface area contributed by atoms with E-state index in [1.807, 2.05) is 47.5 Å². The Hall–Kier alpha value is -2.62. The molecule has 0 atom stereocenters. The van der Waals surface area contributed by atoms with Crippen molar-refractivity contribution >= 4 is 33.1 Å². The molecule has 3 aromatic rings. The molecule has 0 unspecified atom stereocenters. The maximum absolute atomic E-state index is 13.3. The Labute approximate surface area is 168 Å². The van der Waals surface area contributed by atoms with Gasteiger partial charge in [0.05, 0.1) is 18.6 Å². The van der Waals surface area contributed by atoms with Gasteiger partial charge in [0, 0.05) is 36.0 Å². The van der Waals surface area contributed by atoms with Crippen LogP contribution in [0.15, 0.2) is 65.0 Å². The van der Waals surface area contributed by atoms with Gasteiger partial charge < -0.3 is 9.30 Å². The highest BCUT2D eigenvalue weighted by Crippen LogP contribution is 2.24. The average Bonchev–Trinajstić information content (AvgIpc) is 3.33. The van der Waals surface area contributed by atoms with Crippen LogP contribution in [0.4, 0.5) is 10.5 Å². The molecule has 2 heterocycles. The number of carbonyl (C=O) groups excluding carboxylic acids is 1. The van der Waals surface area contributed by atoms with E-state index in [0.717, 1.165) is 10.6 Å². The first kappa shape index (κ1) is 20.1. The van der Waals surface area contributed by atoms with Crippen molar-refractivity contribution in [3.63, 3.8) is 0 Å². The number of carbonyl (C=O) groups is 1. The summed E-state index contributed by atoms with van der Waals surface area (Å²) in [5, 5.41) is 4.43. The summed E-state index contributed by atoms with van der Waals surface area (Å²) >= 11 is 1.52. The molecule has 28 heavy (non-hydrogen) atoms. The summed E-state index contributed by atoms with van der Waals surface area (Å²) in [6.45, 7) is 0.541. The van der Waals surface area contributed by atoms with Gasteiger partial charge in [-0.05, 0) is 47.8 Å². The zero-order valence-electron chi connectivity index (χ0n) is 15.5. The first-order valence-corrected chi connectivity index (χ1v) is 10.8. The Morgan fingerprint density at radius 1 is 1.14 bits per heavy atom. The Morgan fingerprint density at radius 3 is 2.46 bits per heavy atom. The number of methoxy groups -OCH3 is 1. The lowest BCUT2D eigenvalue weighted by atomic mass is 10.3. The van der Waals surface area contributed by atoms with Crippen LogP contribution in [-0.2, 0) is 34.9 Å². The van der Waals surface area contributed by atoms with Gasteiger partial charge in [0.15, 0.2) is 0 Å². The van der Waals surface area contributed by atoms with Gasteiger partial charge in [0.1, 0.15) is 0 Å². The number of rotatable bonds is 7. The lowest BCUT2D eigenvalue weighted by molar-refractivity contribution is 0.187. The van der Waals surface area contributed by atoms with Crippen molar-refractivity contribution in [3.8, 4) is 0 Å². The van der Waals surface area contributed by atoms with E-state index in [-0.39, 0.29) is 18.0 Å². The number of hydrogen-bond donors (Lipinski definition) is 1. The quantitative estimate of drug-likeness (QED) is 0.634. The molecule has 1 N–H and O–H groups in total. The van der Waals surface area contributed by atoms with Crippen LogP contribution in [0, 0.1) is 0 Å². The van der Waals surface area contributed by atoms with Crippen molar-refractivity contribution in [2.24, 2.45) is 7.05 Å². The van der Waals surface area contributed by atoms with Crippen LogP contribution in [0.25, 0.3) is 0 Å². The maximum atomic E-state index is 13.3. The van der Waals surface area contributed by atoms with Crippen LogP contribution >= 0.6 is 11.3 Å². The largest absolute Gasteiger partial charge is 0.453 e. The topological polar surface area (TPSA) is 80.6 Å². The highest BCUT2D eigenvalue weighted by Gasteiger charge is 2.26. The molecule has 1 aromatic carbocycles. The third-order valence-electron chi connectivity index (χ3n) is 4.23. The number of thiophene rings is 1. The van der Waals surface area contributed by atoms with Gasteiger partial charge in [-0.25, -0.2) is 13.2 Å². The second kappa shape index (κ2) is 8.59. The number of aryl methyl sites for hydroxylation is 1. The second-order valence-electron chi connectivity index (χ2n) is 6.10. The molecular weight excluding hydrogens is 398 g/mol. The van der Waals surface area contributed by atoms with Gasteiger partial charge >= 0.3 is 6.09 Å². The van der Waals surface area contributed by atoms with E-state index in [1.165, 1.54) is 47.0 Å². The van der Waals surface area contributed by atoms with E-state index in [1.54, 1.807) is 0 Å². The molecule has 0 aliphatic heterocycles. The zero-order valence-corrected chi connectivity index (χ0v) is 17.2. The first-order chi connectivity index (χ1) is 13.4. The highest BCUT2D eigenvalue weighted by atomic mass is 32.2. The second-order valence-corrected chi connectivity index (χ2v) is 9.07. The smallest absolute Gasteiger partial charge is 0.411 e. The Kier molecular flexibility index (Phi) is 6.18. The summed E-state index contributed by atoms with van der Waals surface area (Å²) in [4.78, 5) is 12.4. The van der Waals surface area contributed by atoms with Gasteiger partial charge in [0.25, 0.3) is 0 Å². The fourth-order valence-electron chi connectivity index (χ4n) is 2.67. The number of anilines is 1. The predicted octanol–water partition coefficient (Wildman–Crippen LogP) is 3.66. The van der Waals surface area contributed by atoms with E-state index in [0.29, 0.717) is 5.69 Å². The van der Waals surface area contributed by atoms with Crippen LogP contribution in [0.1, 0.15) is 10.6 Å². The summed E-state index contributed by atoms with van der Waals surface area (Å²) in [5.41, 5.74) is 1.35. The number of nitrogens with one attached hydrogen (secondary N) is 1. The van der Waals surface area contributed by atoms with Crippen LogP contribution in [-0.4, -0.2) is 30.5 Å². The molecule has 0 radical (unpaired) electrons. The van der Waals surface area contributed by atoms with Crippen molar-refractivity contribution in [1.82, 2.24) is 8.87 Å². The van der Waals surface area contributed by atoms with Gasteiger partial charge in [-0.1, -0.05) is 6.07 Å². The van der Waals surface area contributed by atoms with Crippen LogP contribution in [0.3, 0.4) is 0 Å². The normalized spacial score (nSPS) is 11.5. The minimum absolute atomic E-state index is 0.161. The van der Waals surface area contributed by atoms with Crippen molar-refractivity contribution in [3.05, 3.63) is 70.7 Å². The molecule has 0 aliphatic carbocycles. The standard InChI is InChI=1S/C19H21N3O4S2/c1-21-11-3-5-16(21)13-22(14-17-6-4-12-27-17)28(24,25)18-9-7-15(8-10-18)20-19(23)26-2/h3-12H,13-14H2,1-2H3,(H,20,23). The number of aromatic nitrogens is 1. The number of benzene rings is 1. The number of ether oxygens (including phenoxy) is 1. The summed E-state index contributed by atoms with van der Waals surface area (Å²) in [5.74, 6) is 0. The lowest BCUT2D eigenvalue weighted by Gasteiger charge is -2.22. The molecule has 0 bridgehead atoms. The summed E-state index contributed by atoms with van der Waals surface area (Å²) in [7, 11) is -0.587. The maximum Gasteiger partial charge on any atom is 0.411 e. The molecule has 0 fully saturated rings. The third kappa shape index (κ3) is 4.61. The molecular formula is C19H21N3O4S2. The van der Waals surface area contributed by atoms with Crippen LogP contribution in [0.5, 0.6) is 0 Å². The van der Waals surface area contributed by atoms with Gasteiger partial charge in [-0.3, -0.25) is 5.32 Å². The summed E-state index contributed by atoms with van der Waals surface area (Å²) < 4.78 is 34.5. The van der Waals surface area contributed by atoms with Crippen LogP contribution in [0.2, 0.25) is 0 Å². The van der Waals surface area contributed by atoms with Gasteiger partial charge in [-0.15, -0.1) is 11.3 Å². The van der Waals surface area contributed by atoms with Gasteiger partial charge in [0.2, 0.25) is 10.0 Å². The number of nitrogens with zero attached hydrogens (tertiary/aromatic N) is 2. The van der Waals surface area contributed by atoms with E-state index in [4.69, 9.17) is 0 Å². The molecule has 1 amide bonds. The first-order valence-electron chi connectivity index (χ1n) is 8.48. The molecule has 3 rings (SSSR count). The average molecular weight is 420 g/mol. The Bertz CT molecular complexity index is 1030. The number of amides is 1. The fourth-order valence-corrected chi connectivity index (χ4v) is 4.86. The highest BCUT2D eigenvalue weighted by molar-refractivity contribution is 7.89. The van der Waals surface area contributed by atoms with E-state index >= 15 is 0 Å². The minimum Gasteiger partial charge on any atom is -0.453 e. The van der Waals surface area contributed by atoms with Crippen molar-refractivity contribution in [2.75, 3.05) is 12.4 Å². The lowest BCUT2D eigenvalue weighted by Crippen LogP contribution is -2.30. The number of hydrogen-bond acceptors (Lipinski definition) is 5. The number of sulfonamides is 1. The van der Waals surface area contributed by atoms with E-state index in [9.17, 15) is 13.2 Å². The molecule has 148 valence electrons. The summed E-state index contributed by atoms with van der Waals surface area (Å²) in [6.07, 6.45) is 1.28. The van der Waals surface area contributed by atoms with Crippen molar-refractivity contribution in [1.29, 1.82) is 0 Å². The third-order valence-corrected chi connectivity index (χ3v) is 6.89. The fraction of sp³-hybridized carbons (Fsp3) is 0.211. The van der Waals surface area contributed by atoms with Gasteiger partial charge in [-0.2, -0.15) is 4.31 Å².